The molecule has 0 aliphatic carbocycles. The molecule has 0 bridgehead atoms. The van der Waals surface area contributed by atoms with Gasteiger partial charge in [0.2, 0.25) is 5.91 Å². The lowest BCUT2D eigenvalue weighted by atomic mass is 9.98. The third kappa shape index (κ3) is 1.46. The van der Waals surface area contributed by atoms with E-state index in [1.807, 2.05) is 6.92 Å². The Morgan fingerprint density at radius 2 is 2.53 bits per heavy atom. The van der Waals surface area contributed by atoms with Gasteiger partial charge in [-0.2, -0.15) is 0 Å². The van der Waals surface area contributed by atoms with Gasteiger partial charge in [-0.1, -0.05) is 0 Å². The fraction of sp³-hybridized carbons (Fsp3) is 0.750. The van der Waals surface area contributed by atoms with E-state index in [2.05, 4.69) is 4.65 Å². The first-order chi connectivity index (χ1) is 7.03. The lowest BCUT2D eigenvalue weighted by molar-refractivity contribution is -0.155. The zero-order chi connectivity index (χ0) is 11.2. The molecule has 2 radical (unpaired) electrons. The molecule has 80 valence electrons. The van der Waals surface area contributed by atoms with E-state index in [1.165, 1.54) is 16.7 Å². The summed E-state index contributed by atoms with van der Waals surface area (Å²) >= 11 is 7.38. The first kappa shape index (κ1) is 11.1. The maximum Gasteiger partial charge on any atom is 0.378 e. The standard InChI is InChI=1S/C8H9BClNO3S/c1-8(3-10)6(7(13)14-9)11-4(12)2-5(11)15-8/h5-6H,2-3H2,1H3/t5?,6-,8-/m0/s1. The third-order valence-corrected chi connectivity index (χ3v) is 5.10. The molecular weight excluding hydrogens is 236 g/mol. The van der Waals surface area contributed by atoms with E-state index >= 15 is 0 Å². The Kier molecular flexibility index (Phi) is 2.67. The summed E-state index contributed by atoms with van der Waals surface area (Å²) in [4.78, 5) is 24.4. The Balaban J connectivity index is 2.28. The van der Waals surface area contributed by atoms with Crippen molar-refractivity contribution in [3.8, 4) is 0 Å². The number of amides is 1. The SMILES string of the molecule is [B]OC(=O)[C@@H]1N2C(=O)CC2S[C@@]1(C)CCl. The summed E-state index contributed by atoms with van der Waals surface area (Å²) in [6.45, 7) is 1.85. The number of thioether (sulfide) groups is 1. The van der Waals surface area contributed by atoms with Crippen LogP contribution in [0.1, 0.15) is 13.3 Å². The lowest BCUT2D eigenvalue weighted by Crippen LogP contribution is -2.58. The van der Waals surface area contributed by atoms with Gasteiger partial charge in [-0.05, 0) is 6.92 Å². The van der Waals surface area contributed by atoms with Gasteiger partial charge >= 0.3 is 14.0 Å². The quantitative estimate of drug-likeness (QED) is 0.398. The molecule has 0 aromatic rings. The second kappa shape index (κ2) is 3.59. The van der Waals surface area contributed by atoms with E-state index in [4.69, 9.17) is 19.7 Å². The zero-order valence-electron chi connectivity index (χ0n) is 8.10. The van der Waals surface area contributed by atoms with Crippen molar-refractivity contribution in [2.75, 3.05) is 5.88 Å². The van der Waals surface area contributed by atoms with Gasteiger partial charge in [0.1, 0.15) is 6.04 Å². The number of hydrogen-bond donors (Lipinski definition) is 0. The average Bonchev–Trinajstić information content (AvgIpc) is 2.46. The molecule has 0 aromatic heterocycles. The molecule has 2 fully saturated rings. The van der Waals surface area contributed by atoms with Crippen LogP contribution in [0.4, 0.5) is 0 Å². The smallest absolute Gasteiger partial charge is 0.378 e. The summed E-state index contributed by atoms with van der Waals surface area (Å²) in [6.07, 6.45) is 0.464. The first-order valence-electron chi connectivity index (χ1n) is 4.49. The van der Waals surface area contributed by atoms with Crippen molar-refractivity contribution in [3.63, 3.8) is 0 Å². The highest BCUT2D eigenvalue weighted by molar-refractivity contribution is 8.01. The van der Waals surface area contributed by atoms with Crippen LogP contribution in [0.5, 0.6) is 0 Å². The van der Waals surface area contributed by atoms with Crippen LogP contribution in [0, 0.1) is 0 Å². The Bertz CT molecular complexity index is 329. The first-order valence-corrected chi connectivity index (χ1v) is 5.90. The molecule has 0 N–H and O–H groups in total. The van der Waals surface area contributed by atoms with Gasteiger partial charge in [-0.3, -0.25) is 9.59 Å². The minimum absolute atomic E-state index is 0.0447. The lowest BCUT2D eigenvalue weighted by Gasteiger charge is -2.37. The minimum atomic E-state index is -0.656. The van der Waals surface area contributed by atoms with Crippen molar-refractivity contribution in [1.82, 2.24) is 4.90 Å². The van der Waals surface area contributed by atoms with Gasteiger partial charge in [-0.25, -0.2) is 0 Å². The van der Waals surface area contributed by atoms with Crippen molar-refractivity contribution in [1.29, 1.82) is 0 Å². The van der Waals surface area contributed by atoms with Crippen LogP contribution in [0.15, 0.2) is 0 Å². The Labute approximate surface area is 98.1 Å². The maximum absolute atomic E-state index is 11.5. The molecule has 0 spiro atoms. The molecule has 2 heterocycles. The number of hydrogen-bond acceptors (Lipinski definition) is 4. The van der Waals surface area contributed by atoms with E-state index < -0.39 is 16.8 Å². The molecule has 7 heteroatoms. The summed E-state index contributed by atoms with van der Waals surface area (Å²) in [7, 11) is 4.87. The highest BCUT2D eigenvalue weighted by Gasteiger charge is 2.60. The highest BCUT2D eigenvalue weighted by atomic mass is 35.5. The van der Waals surface area contributed by atoms with Crippen LogP contribution in [0.25, 0.3) is 0 Å². The number of carbonyl (C=O) groups excluding carboxylic acids is 2. The predicted molar refractivity (Wildman–Crippen MR) is 57.6 cm³/mol. The number of nitrogens with zero attached hydrogens (tertiary/aromatic N) is 1. The number of carbonyl (C=O) groups is 2. The van der Waals surface area contributed by atoms with Gasteiger partial charge in [0.25, 0.3) is 0 Å². The largest absolute Gasteiger partial charge is 0.542 e. The monoisotopic (exact) mass is 245 g/mol. The van der Waals surface area contributed by atoms with E-state index in [0.717, 1.165) is 0 Å². The minimum Gasteiger partial charge on any atom is -0.542 e. The average molecular weight is 245 g/mol. The molecule has 1 amide bonds. The molecule has 0 saturated carbocycles. The summed E-state index contributed by atoms with van der Waals surface area (Å²) in [5.41, 5.74) is 0. The van der Waals surface area contributed by atoms with Crippen LogP contribution < -0.4 is 0 Å². The summed E-state index contributed by atoms with van der Waals surface area (Å²) < 4.78 is 3.72. The highest BCUT2D eigenvalue weighted by Crippen LogP contribution is 2.51. The van der Waals surface area contributed by atoms with E-state index in [1.54, 1.807) is 0 Å². The van der Waals surface area contributed by atoms with Crippen LogP contribution in [0.2, 0.25) is 0 Å². The molecule has 2 rings (SSSR count). The molecule has 2 saturated heterocycles. The fourth-order valence-electron chi connectivity index (χ4n) is 2.01. The van der Waals surface area contributed by atoms with Crippen LogP contribution in [0.3, 0.4) is 0 Å². The number of fused-ring (bicyclic) bond motifs is 1. The predicted octanol–water partition coefficient (Wildman–Crippen LogP) is 0.284. The number of rotatable bonds is 2. The topological polar surface area (TPSA) is 46.6 Å². The van der Waals surface area contributed by atoms with Gasteiger partial charge in [0, 0.05) is 5.88 Å². The Hall–Kier alpha value is -0.355. The number of β-lactam (4-membered cyclic amide) rings is 1. The van der Waals surface area contributed by atoms with Crippen molar-refractivity contribution in [2.45, 2.75) is 29.5 Å². The van der Waals surface area contributed by atoms with Crippen molar-refractivity contribution in [2.24, 2.45) is 0 Å². The maximum atomic E-state index is 11.5. The summed E-state index contributed by atoms with van der Waals surface area (Å²) in [5, 5.41) is 0.0466. The zero-order valence-corrected chi connectivity index (χ0v) is 9.68. The summed E-state index contributed by atoms with van der Waals surface area (Å²) in [6, 6.07) is -0.656. The molecule has 0 aromatic carbocycles. The molecule has 2 aliphatic heterocycles. The third-order valence-electron chi connectivity index (χ3n) is 2.81. The molecule has 2 aliphatic rings. The van der Waals surface area contributed by atoms with Crippen LogP contribution >= 0.6 is 23.4 Å². The van der Waals surface area contributed by atoms with E-state index in [9.17, 15) is 9.59 Å². The van der Waals surface area contributed by atoms with Gasteiger partial charge in [0.05, 0.1) is 16.5 Å². The number of halogens is 1. The van der Waals surface area contributed by atoms with Crippen molar-refractivity contribution >= 4 is 43.3 Å². The van der Waals surface area contributed by atoms with E-state index in [0.29, 0.717) is 6.42 Å². The van der Waals surface area contributed by atoms with Gasteiger partial charge < -0.3 is 9.55 Å². The molecule has 1 unspecified atom stereocenters. The van der Waals surface area contributed by atoms with Gasteiger partial charge in [-0.15, -0.1) is 23.4 Å². The molecular formula is C8H9BClNO3S. The Morgan fingerprint density at radius 1 is 1.87 bits per heavy atom. The van der Waals surface area contributed by atoms with Gasteiger partial charge in [0.15, 0.2) is 0 Å². The fourth-order valence-corrected chi connectivity index (χ4v) is 3.95. The molecule has 4 nitrogen and oxygen atoms in total. The van der Waals surface area contributed by atoms with Crippen molar-refractivity contribution in [3.05, 3.63) is 0 Å². The molecule has 15 heavy (non-hydrogen) atoms. The normalized spacial score (nSPS) is 38.5. The molecule has 3 atom stereocenters. The second-order valence-electron chi connectivity index (χ2n) is 3.86. The summed E-state index contributed by atoms with van der Waals surface area (Å²) in [5.74, 6) is -0.365. The van der Waals surface area contributed by atoms with E-state index in [-0.39, 0.29) is 17.2 Å². The Morgan fingerprint density at radius 3 is 3.00 bits per heavy atom. The van der Waals surface area contributed by atoms with Crippen LogP contribution in [-0.4, -0.2) is 46.9 Å². The second-order valence-corrected chi connectivity index (χ2v) is 5.84. The van der Waals surface area contributed by atoms with Crippen molar-refractivity contribution < 1.29 is 14.2 Å². The number of alkyl halides is 1. The van der Waals surface area contributed by atoms with Crippen LogP contribution in [-0.2, 0) is 14.2 Å².